The van der Waals surface area contributed by atoms with Crippen molar-refractivity contribution in [2.45, 2.75) is 11.7 Å². The van der Waals surface area contributed by atoms with Crippen molar-refractivity contribution in [1.82, 2.24) is 24.8 Å². The molecule has 2 aromatic heterocycles. The molecule has 140 valence electrons. The van der Waals surface area contributed by atoms with Crippen molar-refractivity contribution in [1.29, 1.82) is 0 Å². The van der Waals surface area contributed by atoms with E-state index in [4.69, 9.17) is 0 Å². The van der Waals surface area contributed by atoms with Gasteiger partial charge in [-0.2, -0.15) is 0 Å². The lowest BCUT2D eigenvalue weighted by molar-refractivity contribution is -0.130. The number of carbonyl (C=O) groups excluding carboxylic acids is 1. The summed E-state index contributed by atoms with van der Waals surface area (Å²) in [6, 6.07) is 10.4. The number of pyridine rings is 1. The Morgan fingerprint density at radius 1 is 1.15 bits per heavy atom. The predicted molar refractivity (Wildman–Crippen MR) is 103 cm³/mol. The van der Waals surface area contributed by atoms with E-state index in [0.717, 1.165) is 30.7 Å². The molecule has 1 saturated heterocycles. The molecule has 0 aliphatic carbocycles. The molecule has 1 N–H and O–H groups in total. The Balaban J connectivity index is 1.25. The molecule has 0 saturated carbocycles. The Hall–Kier alpha value is -2.45. The summed E-state index contributed by atoms with van der Waals surface area (Å²) in [7, 11) is 0. The van der Waals surface area contributed by atoms with Crippen LogP contribution in [-0.4, -0.2) is 62.6 Å². The molecule has 1 aromatic carbocycles. The molecule has 0 radical (unpaired) electrons. The molecule has 1 aliphatic heterocycles. The third kappa shape index (κ3) is 4.45. The molecule has 0 bridgehead atoms. The van der Waals surface area contributed by atoms with Gasteiger partial charge >= 0.3 is 0 Å². The van der Waals surface area contributed by atoms with Crippen LogP contribution in [0.5, 0.6) is 0 Å². The minimum Gasteiger partial charge on any atom is -0.339 e. The number of aromatic amines is 1. The monoisotopic (exact) mass is 385 g/mol. The van der Waals surface area contributed by atoms with Gasteiger partial charge in [-0.1, -0.05) is 23.9 Å². The maximum Gasteiger partial charge on any atom is 0.233 e. The third-order valence-corrected chi connectivity index (χ3v) is 5.47. The van der Waals surface area contributed by atoms with E-state index in [1.165, 1.54) is 23.9 Å². The van der Waals surface area contributed by atoms with Gasteiger partial charge in [-0.3, -0.25) is 9.69 Å². The summed E-state index contributed by atoms with van der Waals surface area (Å²) in [4.78, 5) is 28.4. The Morgan fingerprint density at radius 3 is 2.67 bits per heavy atom. The maximum absolute atomic E-state index is 13.0. The minimum atomic E-state index is -0.216. The highest BCUT2D eigenvalue weighted by Gasteiger charge is 2.21. The van der Waals surface area contributed by atoms with Crippen molar-refractivity contribution in [2.75, 3.05) is 31.9 Å². The van der Waals surface area contributed by atoms with Gasteiger partial charge in [0.2, 0.25) is 5.91 Å². The van der Waals surface area contributed by atoms with E-state index in [1.54, 1.807) is 6.20 Å². The second kappa shape index (κ2) is 8.06. The molecule has 0 unspecified atom stereocenters. The average Bonchev–Trinajstić information content (AvgIpc) is 3.11. The second-order valence-corrected chi connectivity index (χ2v) is 7.45. The smallest absolute Gasteiger partial charge is 0.233 e. The fourth-order valence-electron chi connectivity index (χ4n) is 3.12. The van der Waals surface area contributed by atoms with E-state index in [9.17, 15) is 9.18 Å². The fourth-order valence-corrected chi connectivity index (χ4v) is 3.89. The lowest BCUT2D eigenvalue weighted by Crippen LogP contribution is -2.48. The highest BCUT2D eigenvalue weighted by Crippen LogP contribution is 2.19. The van der Waals surface area contributed by atoms with Crippen molar-refractivity contribution in [2.24, 2.45) is 0 Å². The van der Waals surface area contributed by atoms with Crippen LogP contribution in [0.1, 0.15) is 5.56 Å². The number of carbonyl (C=O) groups is 1. The molecule has 6 nitrogen and oxygen atoms in total. The van der Waals surface area contributed by atoms with Crippen molar-refractivity contribution < 1.29 is 9.18 Å². The number of amides is 1. The van der Waals surface area contributed by atoms with Gasteiger partial charge in [-0.05, 0) is 29.8 Å². The van der Waals surface area contributed by atoms with Crippen LogP contribution in [0.25, 0.3) is 11.2 Å². The quantitative estimate of drug-likeness (QED) is 0.684. The first-order valence-electron chi connectivity index (χ1n) is 8.85. The summed E-state index contributed by atoms with van der Waals surface area (Å²) in [5, 5.41) is 0.715. The predicted octanol–water partition coefficient (Wildman–Crippen LogP) is 2.53. The highest BCUT2D eigenvalue weighted by molar-refractivity contribution is 7.99. The minimum absolute atomic E-state index is 0.120. The fraction of sp³-hybridized carbons (Fsp3) is 0.316. The number of fused-ring (bicyclic) bond motifs is 1. The molecule has 3 aromatic rings. The molecule has 0 atom stereocenters. The van der Waals surface area contributed by atoms with Crippen molar-refractivity contribution in [3.8, 4) is 0 Å². The van der Waals surface area contributed by atoms with E-state index in [2.05, 4.69) is 19.9 Å². The number of thioether (sulfide) groups is 1. The number of aromatic nitrogens is 3. The molecule has 3 heterocycles. The molecule has 1 fully saturated rings. The normalized spacial score (nSPS) is 15.4. The molecule has 1 amide bonds. The molecule has 1 aliphatic rings. The van der Waals surface area contributed by atoms with Crippen molar-refractivity contribution in [3.63, 3.8) is 0 Å². The molecule has 8 heteroatoms. The van der Waals surface area contributed by atoms with E-state index < -0.39 is 0 Å². The average molecular weight is 385 g/mol. The number of imidazole rings is 1. The van der Waals surface area contributed by atoms with Crippen LogP contribution in [0.2, 0.25) is 0 Å². The summed E-state index contributed by atoms with van der Waals surface area (Å²) >= 11 is 1.41. The number of hydrogen-bond donors (Lipinski definition) is 1. The number of nitrogens with zero attached hydrogens (tertiary/aromatic N) is 4. The standard InChI is InChI=1S/C19H20FN5OS/c20-15-5-3-14(4-6-15)12-24-8-10-25(11-9-24)17(26)13-27-19-22-16-2-1-7-21-18(16)23-19/h1-7H,8-13H2,(H,21,22,23). The van der Waals surface area contributed by atoms with Gasteiger partial charge < -0.3 is 9.88 Å². The number of benzene rings is 1. The van der Waals surface area contributed by atoms with Gasteiger partial charge in [-0.15, -0.1) is 0 Å². The van der Waals surface area contributed by atoms with Gasteiger partial charge in [0.05, 0.1) is 11.3 Å². The third-order valence-electron chi connectivity index (χ3n) is 4.61. The van der Waals surface area contributed by atoms with Crippen LogP contribution in [0, 0.1) is 5.82 Å². The van der Waals surface area contributed by atoms with Crippen LogP contribution in [-0.2, 0) is 11.3 Å². The second-order valence-electron chi connectivity index (χ2n) is 6.49. The largest absolute Gasteiger partial charge is 0.339 e. The summed E-state index contributed by atoms with van der Waals surface area (Å²) in [5.41, 5.74) is 2.63. The van der Waals surface area contributed by atoms with E-state index in [-0.39, 0.29) is 11.7 Å². The number of rotatable bonds is 5. The first-order chi connectivity index (χ1) is 13.2. The van der Waals surface area contributed by atoms with Crippen LogP contribution in [0.3, 0.4) is 0 Å². The zero-order valence-electron chi connectivity index (χ0n) is 14.8. The van der Waals surface area contributed by atoms with Gasteiger partial charge in [-0.25, -0.2) is 14.4 Å². The molecule has 4 rings (SSSR count). The number of halogens is 1. The number of H-pyrrole nitrogens is 1. The Labute approximate surface area is 160 Å². The van der Waals surface area contributed by atoms with E-state index >= 15 is 0 Å². The first kappa shape index (κ1) is 17.9. The lowest BCUT2D eigenvalue weighted by Gasteiger charge is -2.34. The van der Waals surface area contributed by atoms with Gasteiger partial charge in [0.1, 0.15) is 5.82 Å². The summed E-state index contributed by atoms with van der Waals surface area (Å²) in [6.45, 7) is 3.85. The molecular formula is C19H20FN5OS. The summed E-state index contributed by atoms with van der Waals surface area (Å²) < 4.78 is 13.0. The SMILES string of the molecule is O=C(CSc1nc2ncccc2[nH]1)N1CCN(Cc2ccc(F)cc2)CC1. The highest BCUT2D eigenvalue weighted by atomic mass is 32.2. The number of piperazine rings is 1. The van der Waals surface area contributed by atoms with Gasteiger partial charge in [0, 0.05) is 38.9 Å². The molecule has 0 spiro atoms. The maximum atomic E-state index is 13.0. The van der Waals surface area contributed by atoms with Crippen LogP contribution in [0.15, 0.2) is 47.8 Å². The van der Waals surface area contributed by atoms with Crippen LogP contribution >= 0.6 is 11.8 Å². The topological polar surface area (TPSA) is 65.1 Å². The van der Waals surface area contributed by atoms with Crippen LogP contribution < -0.4 is 0 Å². The number of nitrogens with one attached hydrogen (secondary N) is 1. The first-order valence-corrected chi connectivity index (χ1v) is 9.84. The Bertz CT molecular complexity index is 888. The lowest BCUT2D eigenvalue weighted by atomic mass is 10.2. The van der Waals surface area contributed by atoms with E-state index in [0.29, 0.717) is 29.6 Å². The zero-order valence-corrected chi connectivity index (χ0v) is 15.6. The van der Waals surface area contributed by atoms with Crippen molar-refractivity contribution in [3.05, 3.63) is 54.0 Å². The molecule has 27 heavy (non-hydrogen) atoms. The van der Waals surface area contributed by atoms with Gasteiger partial charge in [0.25, 0.3) is 0 Å². The Kier molecular flexibility index (Phi) is 5.35. The summed E-state index contributed by atoms with van der Waals surface area (Å²) in [5.74, 6) is 0.263. The Morgan fingerprint density at radius 2 is 1.93 bits per heavy atom. The zero-order chi connectivity index (χ0) is 18.6. The number of hydrogen-bond acceptors (Lipinski definition) is 5. The van der Waals surface area contributed by atoms with Gasteiger partial charge in [0.15, 0.2) is 10.8 Å². The van der Waals surface area contributed by atoms with Crippen LogP contribution in [0.4, 0.5) is 4.39 Å². The molecular weight excluding hydrogens is 365 g/mol. The van der Waals surface area contributed by atoms with E-state index in [1.807, 2.05) is 29.2 Å². The summed E-state index contributed by atoms with van der Waals surface area (Å²) in [6.07, 6.45) is 1.70. The van der Waals surface area contributed by atoms with Crippen molar-refractivity contribution >= 4 is 28.8 Å².